The van der Waals surface area contributed by atoms with Crippen LogP contribution in [0.2, 0.25) is 5.02 Å². The molecule has 1 amide bonds. The Hall–Kier alpha value is -1.91. The van der Waals surface area contributed by atoms with Crippen LogP contribution in [0, 0.1) is 13.8 Å². The molecular formula is C16H13ClN2OS. The number of rotatable bonds is 2. The average molecular weight is 317 g/mol. The van der Waals surface area contributed by atoms with E-state index < -0.39 is 0 Å². The Bertz CT molecular complexity index is 821. The third-order valence-corrected chi connectivity index (χ3v) is 4.47. The molecule has 0 aliphatic heterocycles. The van der Waals surface area contributed by atoms with Crippen LogP contribution in [-0.4, -0.2) is 10.9 Å². The monoisotopic (exact) mass is 316 g/mol. The number of thiazole rings is 1. The Morgan fingerprint density at radius 3 is 2.81 bits per heavy atom. The lowest BCUT2D eigenvalue weighted by atomic mass is 10.1. The van der Waals surface area contributed by atoms with Crippen LogP contribution in [0.1, 0.15) is 20.9 Å². The fourth-order valence-corrected chi connectivity index (χ4v) is 3.29. The van der Waals surface area contributed by atoms with E-state index in [0.717, 1.165) is 20.8 Å². The number of aryl methyl sites for hydroxylation is 2. The Morgan fingerprint density at radius 1 is 1.24 bits per heavy atom. The molecule has 0 aliphatic rings. The summed E-state index contributed by atoms with van der Waals surface area (Å²) in [5.41, 5.74) is 3.11. The maximum Gasteiger partial charge on any atom is 0.255 e. The summed E-state index contributed by atoms with van der Waals surface area (Å²) in [6.07, 6.45) is 0. The highest BCUT2D eigenvalue weighted by Gasteiger charge is 2.12. The Morgan fingerprint density at radius 2 is 2.05 bits per heavy atom. The van der Waals surface area contributed by atoms with Crippen molar-refractivity contribution in [3.8, 4) is 0 Å². The van der Waals surface area contributed by atoms with Crippen LogP contribution < -0.4 is 5.32 Å². The van der Waals surface area contributed by atoms with Gasteiger partial charge >= 0.3 is 0 Å². The lowest BCUT2D eigenvalue weighted by Gasteiger charge is -2.10. The van der Waals surface area contributed by atoms with Crippen LogP contribution in [0.25, 0.3) is 10.2 Å². The number of fused-ring (bicyclic) bond motifs is 1. The third kappa shape index (κ3) is 2.77. The predicted molar refractivity (Wildman–Crippen MR) is 88.5 cm³/mol. The summed E-state index contributed by atoms with van der Waals surface area (Å²) >= 11 is 7.72. The van der Waals surface area contributed by atoms with Gasteiger partial charge in [0.2, 0.25) is 0 Å². The highest BCUT2D eigenvalue weighted by molar-refractivity contribution is 7.18. The quantitative estimate of drug-likeness (QED) is 0.736. The lowest BCUT2D eigenvalue weighted by Crippen LogP contribution is -2.13. The number of carbonyl (C=O) groups excluding carboxylic acids is 1. The van der Waals surface area contributed by atoms with Gasteiger partial charge in [-0.05, 0) is 43.7 Å². The second-order valence-electron chi connectivity index (χ2n) is 4.80. The van der Waals surface area contributed by atoms with Crippen molar-refractivity contribution in [2.75, 3.05) is 5.32 Å². The molecule has 0 atom stereocenters. The summed E-state index contributed by atoms with van der Waals surface area (Å²) in [5, 5.41) is 4.41. The van der Waals surface area contributed by atoms with Crippen LogP contribution in [0.15, 0.2) is 36.4 Å². The molecule has 2 aromatic carbocycles. The van der Waals surface area contributed by atoms with Crippen molar-refractivity contribution in [1.82, 2.24) is 4.98 Å². The molecule has 0 fully saturated rings. The highest BCUT2D eigenvalue weighted by atomic mass is 35.5. The fraction of sp³-hybridized carbons (Fsp3) is 0.125. The molecule has 0 aliphatic carbocycles. The molecule has 0 spiro atoms. The van der Waals surface area contributed by atoms with Crippen molar-refractivity contribution in [3.05, 3.63) is 57.6 Å². The van der Waals surface area contributed by atoms with E-state index in [1.54, 1.807) is 23.5 Å². The van der Waals surface area contributed by atoms with Crippen molar-refractivity contribution in [2.45, 2.75) is 13.8 Å². The van der Waals surface area contributed by atoms with Gasteiger partial charge in [0.1, 0.15) is 0 Å². The first-order valence-electron chi connectivity index (χ1n) is 6.48. The molecular weight excluding hydrogens is 304 g/mol. The molecule has 3 aromatic rings. The maximum absolute atomic E-state index is 12.4. The zero-order valence-electron chi connectivity index (χ0n) is 11.6. The Balaban J connectivity index is 1.93. The summed E-state index contributed by atoms with van der Waals surface area (Å²) in [6.45, 7) is 3.87. The number of halogens is 1. The van der Waals surface area contributed by atoms with E-state index in [9.17, 15) is 4.79 Å². The van der Waals surface area contributed by atoms with Gasteiger partial charge in [0.05, 0.1) is 25.9 Å². The lowest BCUT2D eigenvalue weighted by molar-refractivity contribution is 0.102. The van der Waals surface area contributed by atoms with Crippen LogP contribution in [0.3, 0.4) is 0 Å². The standard InChI is InChI=1S/C16H13ClN2OS/c1-9-4-3-5-12(17)15(9)19-16(20)11-6-7-13-14(8-11)21-10(2)18-13/h3-8H,1-2H3,(H,19,20). The molecule has 5 heteroatoms. The average Bonchev–Trinajstić information content (AvgIpc) is 2.81. The van der Waals surface area contributed by atoms with Crippen LogP contribution in [0.5, 0.6) is 0 Å². The number of benzene rings is 2. The summed E-state index contributed by atoms with van der Waals surface area (Å²) in [6, 6.07) is 11.0. The molecule has 21 heavy (non-hydrogen) atoms. The van der Waals surface area contributed by atoms with E-state index in [0.29, 0.717) is 16.3 Å². The van der Waals surface area contributed by atoms with Gasteiger partial charge in [0.15, 0.2) is 0 Å². The number of hydrogen-bond acceptors (Lipinski definition) is 3. The number of para-hydroxylation sites is 1. The van der Waals surface area contributed by atoms with E-state index in [4.69, 9.17) is 11.6 Å². The summed E-state index contributed by atoms with van der Waals surface area (Å²) in [7, 11) is 0. The van der Waals surface area contributed by atoms with E-state index in [1.165, 1.54) is 0 Å². The largest absolute Gasteiger partial charge is 0.320 e. The minimum absolute atomic E-state index is 0.167. The van der Waals surface area contributed by atoms with Crippen molar-refractivity contribution < 1.29 is 4.79 Å². The summed E-state index contributed by atoms with van der Waals surface area (Å²) in [5.74, 6) is -0.167. The summed E-state index contributed by atoms with van der Waals surface area (Å²) in [4.78, 5) is 16.8. The predicted octanol–water partition coefficient (Wildman–Crippen LogP) is 4.82. The topological polar surface area (TPSA) is 42.0 Å². The smallest absolute Gasteiger partial charge is 0.255 e. The van der Waals surface area contributed by atoms with Gasteiger partial charge in [0.25, 0.3) is 5.91 Å². The van der Waals surface area contributed by atoms with E-state index in [1.807, 2.05) is 38.1 Å². The number of hydrogen-bond donors (Lipinski definition) is 1. The SMILES string of the molecule is Cc1nc2ccc(C(=O)Nc3c(C)cccc3Cl)cc2s1. The highest BCUT2D eigenvalue weighted by Crippen LogP contribution is 2.27. The normalized spacial score (nSPS) is 10.8. The first kappa shape index (κ1) is 14.0. The van der Waals surface area contributed by atoms with Crippen LogP contribution in [-0.2, 0) is 0 Å². The van der Waals surface area contributed by atoms with Gasteiger partial charge in [-0.15, -0.1) is 11.3 Å². The van der Waals surface area contributed by atoms with Crippen LogP contribution >= 0.6 is 22.9 Å². The number of anilines is 1. The Kier molecular flexibility index (Phi) is 3.66. The third-order valence-electron chi connectivity index (χ3n) is 3.22. The molecule has 0 unspecified atom stereocenters. The van der Waals surface area contributed by atoms with E-state index in [2.05, 4.69) is 10.3 Å². The van der Waals surface area contributed by atoms with Gasteiger partial charge in [-0.2, -0.15) is 0 Å². The van der Waals surface area contributed by atoms with Crippen molar-refractivity contribution in [1.29, 1.82) is 0 Å². The molecule has 106 valence electrons. The molecule has 1 aromatic heterocycles. The fourth-order valence-electron chi connectivity index (χ4n) is 2.16. The van der Waals surface area contributed by atoms with Crippen molar-refractivity contribution in [2.24, 2.45) is 0 Å². The molecule has 1 N–H and O–H groups in total. The van der Waals surface area contributed by atoms with Gasteiger partial charge in [-0.1, -0.05) is 23.7 Å². The van der Waals surface area contributed by atoms with Crippen molar-refractivity contribution >= 4 is 44.7 Å². The zero-order valence-corrected chi connectivity index (χ0v) is 13.2. The minimum atomic E-state index is -0.167. The minimum Gasteiger partial charge on any atom is -0.320 e. The maximum atomic E-state index is 12.4. The molecule has 0 saturated heterocycles. The molecule has 0 radical (unpaired) electrons. The van der Waals surface area contributed by atoms with Gasteiger partial charge in [-0.25, -0.2) is 4.98 Å². The molecule has 1 heterocycles. The number of aromatic nitrogens is 1. The number of carbonyl (C=O) groups is 1. The number of nitrogens with zero attached hydrogens (tertiary/aromatic N) is 1. The Labute approximate surface area is 131 Å². The van der Waals surface area contributed by atoms with E-state index >= 15 is 0 Å². The molecule has 0 bridgehead atoms. The van der Waals surface area contributed by atoms with Gasteiger partial charge < -0.3 is 5.32 Å². The number of amides is 1. The summed E-state index contributed by atoms with van der Waals surface area (Å²) < 4.78 is 1.01. The zero-order chi connectivity index (χ0) is 15.0. The second-order valence-corrected chi connectivity index (χ2v) is 6.44. The van der Waals surface area contributed by atoms with Crippen molar-refractivity contribution in [3.63, 3.8) is 0 Å². The first-order valence-corrected chi connectivity index (χ1v) is 7.68. The van der Waals surface area contributed by atoms with E-state index in [-0.39, 0.29) is 5.91 Å². The van der Waals surface area contributed by atoms with Gasteiger partial charge in [-0.3, -0.25) is 4.79 Å². The molecule has 0 saturated carbocycles. The number of nitrogens with one attached hydrogen (secondary N) is 1. The van der Waals surface area contributed by atoms with Gasteiger partial charge in [0, 0.05) is 5.56 Å². The first-order chi connectivity index (χ1) is 10.0. The van der Waals surface area contributed by atoms with Crippen LogP contribution in [0.4, 0.5) is 5.69 Å². The molecule has 3 rings (SSSR count). The molecule has 3 nitrogen and oxygen atoms in total. The second kappa shape index (κ2) is 5.47.